The molecule has 7 nitrogen and oxygen atoms in total. The molecule has 2 aromatic rings. The molecule has 2 heterocycles. The molecule has 12 heteroatoms. The Morgan fingerprint density at radius 1 is 1.34 bits per heavy atom. The molecule has 0 saturated carbocycles. The van der Waals surface area contributed by atoms with E-state index < -0.39 is 28.8 Å². The Balaban J connectivity index is 2.38. The fourth-order valence-corrected chi connectivity index (χ4v) is 3.94. The van der Waals surface area contributed by atoms with Gasteiger partial charge in [-0.1, -0.05) is 11.6 Å². The van der Waals surface area contributed by atoms with Gasteiger partial charge in [-0.3, -0.25) is 14.3 Å². The maximum absolute atomic E-state index is 13.0. The van der Waals surface area contributed by atoms with E-state index in [-0.39, 0.29) is 27.0 Å². The van der Waals surface area contributed by atoms with Crippen molar-refractivity contribution >= 4 is 39.8 Å². The highest BCUT2D eigenvalue weighted by Crippen LogP contribution is 2.37. The number of hydrogen-bond donors (Lipinski definition) is 1. The van der Waals surface area contributed by atoms with Gasteiger partial charge in [-0.25, -0.2) is 0 Å². The van der Waals surface area contributed by atoms with Crippen LogP contribution in [-0.2, 0) is 11.0 Å². The molecule has 1 N–H and O–H groups in total. The Morgan fingerprint density at radius 3 is 2.38 bits per heavy atom. The molecule has 0 fully saturated rings. The summed E-state index contributed by atoms with van der Waals surface area (Å²) in [5, 5.41) is 14.9. The van der Waals surface area contributed by atoms with Gasteiger partial charge in [0.25, 0.3) is 5.91 Å². The van der Waals surface area contributed by atoms with E-state index in [0.29, 0.717) is 5.56 Å². The molecule has 0 aromatic carbocycles. The number of aromatic nitrogens is 2. The van der Waals surface area contributed by atoms with Gasteiger partial charge in [0.1, 0.15) is 17.1 Å². The number of rotatable bonds is 4. The van der Waals surface area contributed by atoms with Crippen LogP contribution >= 0.6 is 22.9 Å². The first-order chi connectivity index (χ1) is 13.3. The number of alkyl halides is 3. The summed E-state index contributed by atoms with van der Waals surface area (Å²) in [6.45, 7) is 4.25. The minimum atomic E-state index is -4.76. The average molecular weight is 448 g/mol. The topological polar surface area (TPSA) is 91.0 Å². The smallest absolute Gasteiger partial charge is 0.344 e. The lowest BCUT2D eigenvalue weighted by Gasteiger charge is -2.14. The van der Waals surface area contributed by atoms with Crippen molar-refractivity contribution in [1.82, 2.24) is 14.7 Å². The monoisotopic (exact) mass is 447 g/mol. The van der Waals surface area contributed by atoms with E-state index in [1.54, 1.807) is 21.0 Å². The lowest BCUT2D eigenvalue weighted by atomic mass is 10.1. The van der Waals surface area contributed by atoms with E-state index in [4.69, 9.17) is 11.6 Å². The summed E-state index contributed by atoms with van der Waals surface area (Å²) >= 11 is 6.65. The lowest BCUT2D eigenvalue weighted by molar-refractivity contribution is -0.141. The van der Waals surface area contributed by atoms with Gasteiger partial charge in [0.2, 0.25) is 5.91 Å². The average Bonchev–Trinajstić information content (AvgIpc) is 3.10. The highest BCUT2D eigenvalue weighted by molar-refractivity contribution is 7.18. The fourth-order valence-electron chi connectivity index (χ4n) is 2.53. The summed E-state index contributed by atoms with van der Waals surface area (Å²) in [4.78, 5) is 26.5. The highest BCUT2D eigenvalue weighted by atomic mass is 35.5. The SMILES string of the molecule is Cc1c(C(=O)N(C)C)sc(NC(=O)[C@@H](C)n2nc(C(F)(F)F)c(Cl)c2C)c1C#N. The molecule has 1 atom stereocenters. The molecule has 0 unspecified atom stereocenters. The standard InChI is InChI=1S/C17H17ClF3N5O2S/c1-7-10(6-22)15(29-12(7)16(28)25(4)5)23-14(27)9(3)26-8(2)11(18)13(24-26)17(19,20)21/h9H,1-5H3,(H,23,27)/t9-/m1/s1. The number of nitrogens with zero attached hydrogens (tertiary/aromatic N) is 4. The first kappa shape index (κ1) is 22.7. The zero-order chi connectivity index (χ0) is 22.3. The van der Waals surface area contributed by atoms with Crippen LogP contribution in [0.15, 0.2) is 0 Å². The maximum atomic E-state index is 13.0. The molecule has 0 radical (unpaired) electrons. The molecule has 2 aromatic heterocycles. The molecule has 0 aliphatic carbocycles. The minimum Gasteiger partial charge on any atom is -0.344 e. The first-order valence-corrected chi connectivity index (χ1v) is 9.38. The molecule has 0 aliphatic heterocycles. The van der Waals surface area contributed by atoms with E-state index >= 15 is 0 Å². The quantitative estimate of drug-likeness (QED) is 0.766. The Morgan fingerprint density at radius 2 is 1.93 bits per heavy atom. The Bertz CT molecular complexity index is 1020. The number of thiophene rings is 1. The summed E-state index contributed by atoms with van der Waals surface area (Å²) in [6, 6.07) is 0.792. The summed E-state index contributed by atoms with van der Waals surface area (Å²) in [6.07, 6.45) is -4.76. The molecule has 0 saturated heterocycles. The summed E-state index contributed by atoms with van der Waals surface area (Å²) in [5.41, 5.74) is -0.767. The number of carbonyl (C=O) groups excluding carboxylic acids is 2. The highest BCUT2D eigenvalue weighted by Gasteiger charge is 2.39. The molecule has 0 bridgehead atoms. The molecular weight excluding hydrogens is 431 g/mol. The van der Waals surface area contributed by atoms with Crippen molar-refractivity contribution in [3.05, 3.63) is 32.4 Å². The third kappa shape index (κ3) is 4.23. The van der Waals surface area contributed by atoms with Crippen molar-refractivity contribution in [2.45, 2.75) is 33.0 Å². The number of amides is 2. The van der Waals surface area contributed by atoms with E-state index in [9.17, 15) is 28.0 Å². The largest absolute Gasteiger partial charge is 0.436 e. The van der Waals surface area contributed by atoms with Crippen LogP contribution in [0.2, 0.25) is 5.02 Å². The molecular formula is C17H17ClF3N5O2S. The maximum Gasteiger partial charge on any atom is 0.436 e. The Kier molecular flexibility index (Phi) is 6.30. The summed E-state index contributed by atoms with van der Waals surface area (Å²) < 4.78 is 39.9. The van der Waals surface area contributed by atoms with Gasteiger partial charge in [-0.05, 0) is 26.3 Å². The first-order valence-electron chi connectivity index (χ1n) is 8.19. The molecule has 2 amide bonds. The molecule has 156 valence electrons. The van der Waals surface area contributed by atoms with Crippen LogP contribution in [0.25, 0.3) is 0 Å². The van der Waals surface area contributed by atoms with Crippen molar-refractivity contribution in [3.8, 4) is 6.07 Å². The van der Waals surface area contributed by atoms with Crippen molar-refractivity contribution < 1.29 is 22.8 Å². The van der Waals surface area contributed by atoms with Crippen molar-refractivity contribution in [2.75, 3.05) is 19.4 Å². The van der Waals surface area contributed by atoms with Crippen LogP contribution in [0, 0.1) is 25.2 Å². The molecule has 0 spiro atoms. The van der Waals surface area contributed by atoms with Crippen molar-refractivity contribution in [2.24, 2.45) is 0 Å². The van der Waals surface area contributed by atoms with E-state index in [1.807, 2.05) is 6.07 Å². The second kappa shape index (κ2) is 8.04. The van der Waals surface area contributed by atoms with E-state index in [0.717, 1.165) is 16.0 Å². The predicted octanol–water partition coefficient (Wildman–Crippen LogP) is 4.01. The number of hydrogen-bond acceptors (Lipinski definition) is 5. The van der Waals surface area contributed by atoms with Gasteiger partial charge in [0.15, 0.2) is 5.69 Å². The van der Waals surface area contributed by atoms with E-state index in [1.165, 1.54) is 18.7 Å². The van der Waals surface area contributed by atoms with Crippen LogP contribution in [0.4, 0.5) is 18.2 Å². The fraction of sp³-hybridized carbons (Fsp3) is 0.412. The molecule has 0 aliphatic rings. The second-order valence-corrected chi connectivity index (χ2v) is 7.83. The number of halogens is 4. The Labute approximate surface area is 173 Å². The van der Waals surface area contributed by atoms with Gasteiger partial charge in [0.05, 0.1) is 21.2 Å². The van der Waals surface area contributed by atoms with Gasteiger partial charge in [-0.15, -0.1) is 11.3 Å². The van der Waals surface area contributed by atoms with Gasteiger partial charge < -0.3 is 10.2 Å². The zero-order valence-corrected chi connectivity index (χ0v) is 17.7. The third-order valence-electron chi connectivity index (χ3n) is 4.19. The number of nitrogens with one attached hydrogen (secondary N) is 1. The van der Waals surface area contributed by atoms with Crippen LogP contribution in [0.5, 0.6) is 0 Å². The van der Waals surface area contributed by atoms with Crippen LogP contribution in [0.1, 0.15) is 45.2 Å². The minimum absolute atomic E-state index is 0.0204. The molecule has 29 heavy (non-hydrogen) atoms. The van der Waals surface area contributed by atoms with Gasteiger partial charge in [0, 0.05) is 14.1 Å². The van der Waals surface area contributed by atoms with Crippen LogP contribution < -0.4 is 5.32 Å². The van der Waals surface area contributed by atoms with Crippen molar-refractivity contribution in [1.29, 1.82) is 5.26 Å². The summed E-state index contributed by atoms with van der Waals surface area (Å²) in [5.74, 6) is -1.04. The second-order valence-electron chi connectivity index (χ2n) is 6.43. The van der Waals surface area contributed by atoms with Crippen LogP contribution in [-0.4, -0.2) is 40.6 Å². The zero-order valence-electron chi connectivity index (χ0n) is 16.1. The van der Waals surface area contributed by atoms with Crippen molar-refractivity contribution in [3.63, 3.8) is 0 Å². The Hall–Kier alpha value is -2.58. The van der Waals surface area contributed by atoms with Gasteiger partial charge in [-0.2, -0.15) is 23.5 Å². The van der Waals surface area contributed by atoms with Gasteiger partial charge >= 0.3 is 6.18 Å². The predicted molar refractivity (Wildman–Crippen MR) is 102 cm³/mol. The normalized spacial score (nSPS) is 12.4. The van der Waals surface area contributed by atoms with Crippen LogP contribution in [0.3, 0.4) is 0 Å². The van der Waals surface area contributed by atoms with E-state index in [2.05, 4.69) is 10.4 Å². The lowest BCUT2D eigenvalue weighted by Crippen LogP contribution is -2.25. The third-order valence-corrected chi connectivity index (χ3v) is 5.84. The summed E-state index contributed by atoms with van der Waals surface area (Å²) in [7, 11) is 3.10. The number of carbonyl (C=O) groups is 2. The number of nitriles is 1. The number of anilines is 1. The molecule has 2 rings (SSSR count).